The van der Waals surface area contributed by atoms with Crippen molar-refractivity contribution in [2.45, 2.75) is 0 Å². The summed E-state index contributed by atoms with van der Waals surface area (Å²) < 4.78 is 0. The maximum atomic E-state index is 10.1. The van der Waals surface area contributed by atoms with Crippen LogP contribution in [0, 0.1) is 0 Å². The van der Waals surface area contributed by atoms with Crippen molar-refractivity contribution in [1.29, 1.82) is 0 Å². The Kier molecular flexibility index (Phi) is 4.65. The van der Waals surface area contributed by atoms with E-state index < -0.39 is 0 Å². The molecule has 0 aromatic rings. The van der Waals surface area contributed by atoms with Crippen LogP contribution in [0.5, 0.6) is 0 Å². The van der Waals surface area contributed by atoms with Crippen LogP contribution in [-0.2, 0) is 4.79 Å². The fourth-order valence-electron chi connectivity index (χ4n) is 0.605. The summed E-state index contributed by atoms with van der Waals surface area (Å²) in [6, 6.07) is 0. The van der Waals surface area contributed by atoms with Gasteiger partial charge >= 0.3 is 0 Å². The van der Waals surface area contributed by atoms with Crippen molar-refractivity contribution in [1.82, 2.24) is 0 Å². The molecule has 0 saturated carbocycles. The van der Waals surface area contributed by atoms with E-state index in [4.69, 9.17) is 12.2 Å². The average Bonchev–Trinajstić information content (AvgIpc) is 2.63. The molecule has 0 aromatic heterocycles. The third kappa shape index (κ3) is 4.09. The van der Waals surface area contributed by atoms with Crippen molar-refractivity contribution in [2.24, 2.45) is 0 Å². The van der Waals surface area contributed by atoms with Gasteiger partial charge < -0.3 is 0 Å². The molecule has 0 bridgehead atoms. The fraction of sp³-hybridized carbons (Fsp3) is 0.250. The van der Waals surface area contributed by atoms with Gasteiger partial charge in [0.2, 0.25) is 0 Å². The van der Waals surface area contributed by atoms with Crippen LogP contribution in [0.2, 0.25) is 0 Å². The number of rotatable bonds is 0. The molecule has 0 saturated heterocycles. The van der Waals surface area contributed by atoms with Gasteiger partial charge in [-0.15, -0.1) is 23.5 Å². The predicted octanol–water partition coefficient (Wildman–Crippen LogP) is 2.43. The number of allylic oxidation sites excluding steroid dienone is 2. The van der Waals surface area contributed by atoms with Crippen LogP contribution < -0.4 is 0 Å². The third-order valence-electron chi connectivity index (χ3n) is 1.15. The van der Waals surface area contributed by atoms with Gasteiger partial charge in [0.05, 0.1) is 5.75 Å². The minimum atomic E-state index is 0.236. The van der Waals surface area contributed by atoms with Crippen LogP contribution in [0.4, 0.5) is 0 Å². The van der Waals surface area contributed by atoms with Crippen LogP contribution in [-0.4, -0.2) is 22.2 Å². The maximum absolute atomic E-state index is 10.1. The van der Waals surface area contributed by atoms with E-state index in [-0.39, 0.29) is 5.78 Å². The molecule has 0 unspecified atom stereocenters. The van der Waals surface area contributed by atoms with Crippen LogP contribution >= 0.6 is 35.7 Å². The van der Waals surface area contributed by atoms with Crippen LogP contribution in [0.15, 0.2) is 23.0 Å². The smallest absolute Gasteiger partial charge is 0.166 e. The minimum absolute atomic E-state index is 0.236. The van der Waals surface area contributed by atoms with Gasteiger partial charge in [-0.05, 0) is 23.0 Å². The molecule has 12 heavy (non-hydrogen) atoms. The van der Waals surface area contributed by atoms with Gasteiger partial charge in [-0.1, -0.05) is 12.2 Å². The Morgan fingerprint density at radius 1 is 1.17 bits per heavy atom. The molecular weight excluding hydrogens is 208 g/mol. The Hall–Kier alpha value is -0.0600. The van der Waals surface area contributed by atoms with Crippen LogP contribution in [0.25, 0.3) is 0 Å². The summed E-state index contributed by atoms with van der Waals surface area (Å²) in [6.45, 7) is 0. The van der Waals surface area contributed by atoms with E-state index in [1.54, 1.807) is 29.6 Å². The van der Waals surface area contributed by atoms with E-state index in [0.717, 1.165) is 10.6 Å². The lowest BCUT2D eigenvalue weighted by Gasteiger charge is -1.75. The summed E-state index contributed by atoms with van der Waals surface area (Å²) in [5, 5.41) is 3.85. The van der Waals surface area contributed by atoms with Gasteiger partial charge in [0, 0.05) is 10.6 Å². The number of hydrogen-bond donors (Lipinski definition) is 0. The Morgan fingerprint density at radius 3 is 2.00 bits per heavy atom. The minimum Gasteiger partial charge on any atom is -0.294 e. The molecule has 0 fully saturated rings. The SMILES string of the molecule is O=C1C=CSC1.S=C1C=CSC1. The average molecular weight is 216 g/mol. The molecule has 0 aliphatic carbocycles. The van der Waals surface area contributed by atoms with Crippen LogP contribution in [0.3, 0.4) is 0 Å². The summed E-state index contributed by atoms with van der Waals surface area (Å²) >= 11 is 8.12. The first-order chi connectivity index (χ1) is 5.79. The molecular formula is C8H8OS3. The molecule has 0 atom stereocenters. The lowest BCUT2D eigenvalue weighted by Crippen LogP contribution is -1.86. The van der Waals surface area contributed by atoms with Crippen molar-refractivity contribution in [2.75, 3.05) is 11.5 Å². The second-order valence-electron chi connectivity index (χ2n) is 2.16. The zero-order chi connectivity index (χ0) is 8.81. The molecule has 0 amide bonds. The van der Waals surface area contributed by atoms with E-state index >= 15 is 0 Å². The molecule has 0 radical (unpaired) electrons. The summed E-state index contributed by atoms with van der Waals surface area (Å²) in [7, 11) is 0. The fourth-order valence-corrected chi connectivity index (χ4v) is 2.18. The first-order valence-electron chi connectivity index (χ1n) is 3.41. The number of carbonyl (C=O) groups is 1. The highest BCUT2D eigenvalue weighted by Crippen LogP contribution is 2.10. The van der Waals surface area contributed by atoms with Crippen molar-refractivity contribution in [3.05, 3.63) is 23.0 Å². The van der Waals surface area contributed by atoms with Crippen molar-refractivity contribution < 1.29 is 4.79 Å². The molecule has 2 aliphatic rings. The topological polar surface area (TPSA) is 17.1 Å². The zero-order valence-corrected chi connectivity index (χ0v) is 8.81. The molecule has 0 spiro atoms. The van der Waals surface area contributed by atoms with Crippen molar-refractivity contribution in [3.8, 4) is 0 Å². The van der Waals surface area contributed by atoms with Crippen LogP contribution in [0.1, 0.15) is 0 Å². The molecule has 2 aliphatic heterocycles. The normalized spacial score (nSPS) is 19.7. The molecule has 2 heterocycles. The van der Waals surface area contributed by atoms with Gasteiger partial charge in [0.25, 0.3) is 0 Å². The third-order valence-corrected chi connectivity index (χ3v) is 3.20. The first-order valence-corrected chi connectivity index (χ1v) is 5.91. The molecule has 0 N–H and O–H groups in total. The van der Waals surface area contributed by atoms with Gasteiger partial charge in [0.1, 0.15) is 0 Å². The zero-order valence-electron chi connectivity index (χ0n) is 6.36. The molecule has 1 nitrogen and oxygen atoms in total. The van der Waals surface area contributed by atoms with E-state index in [1.165, 1.54) is 0 Å². The largest absolute Gasteiger partial charge is 0.294 e. The van der Waals surface area contributed by atoms with E-state index in [2.05, 4.69) is 0 Å². The summed E-state index contributed by atoms with van der Waals surface area (Å²) in [4.78, 5) is 11.2. The van der Waals surface area contributed by atoms with Gasteiger partial charge in [-0.25, -0.2) is 0 Å². The predicted molar refractivity (Wildman–Crippen MR) is 60.8 cm³/mol. The molecule has 0 aromatic carbocycles. The summed E-state index contributed by atoms with van der Waals surface area (Å²) in [5.41, 5.74) is 0. The summed E-state index contributed by atoms with van der Waals surface area (Å²) in [5.74, 6) is 1.91. The molecule has 64 valence electrons. The summed E-state index contributed by atoms with van der Waals surface area (Å²) in [6.07, 6.45) is 3.57. The number of thiocarbonyl (C=S) groups is 1. The van der Waals surface area contributed by atoms with E-state index in [0.29, 0.717) is 5.75 Å². The van der Waals surface area contributed by atoms with E-state index in [1.807, 2.05) is 16.9 Å². The monoisotopic (exact) mass is 216 g/mol. The molecule has 2 rings (SSSR count). The quantitative estimate of drug-likeness (QED) is 0.578. The molecule has 4 heteroatoms. The maximum Gasteiger partial charge on any atom is 0.166 e. The Labute approximate surface area is 85.7 Å². The number of carbonyl (C=O) groups excluding carboxylic acids is 1. The number of hydrogen-bond acceptors (Lipinski definition) is 4. The van der Waals surface area contributed by atoms with Gasteiger partial charge in [0.15, 0.2) is 5.78 Å². The highest BCUT2D eigenvalue weighted by molar-refractivity contribution is 8.04. The lowest BCUT2D eigenvalue weighted by atomic mass is 10.5. The Morgan fingerprint density at radius 2 is 1.83 bits per heavy atom. The van der Waals surface area contributed by atoms with Crippen molar-refractivity contribution in [3.63, 3.8) is 0 Å². The highest BCUT2D eigenvalue weighted by Gasteiger charge is 1.99. The van der Waals surface area contributed by atoms with Crippen molar-refractivity contribution >= 4 is 46.4 Å². The number of thioether (sulfide) groups is 2. The lowest BCUT2D eigenvalue weighted by molar-refractivity contribution is -0.112. The number of ketones is 1. The van der Waals surface area contributed by atoms with Gasteiger partial charge in [-0.2, -0.15) is 0 Å². The highest BCUT2D eigenvalue weighted by atomic mass is 32.2. The first kappa shape index (κ1) is 10.0. The van der Waals surface area contributed by atoms with Gasteiger partial charge in [-0.3, -0.25) is 4.79 Å². The Bertz CT molecular complexity index is 217. The second kappa shape index (κ2) is 5.56. The van der Waals surface area contributed by atoms with E-state index in [9.17, 15) is 4.79 Å². The second-order valence-corrected chi connectivity index (χ2v) is 4.47. The standard InChI is InChI=1S/C4H4OS.C4H4S2/c2*5-4-1-2-6-3-4/h2*1-2H,3H2. The Balaban J connectivity index is 0.000000120.